The first-order chi connectivity index (χ1) is 8.29. The normalized spacial score (nSPS) is 11.2. The Balaban J connectivity index is 2.87. The third kappa shape index (κ3) is 3.03. The van der Waals surface area contributed by atoms with E-state index in [1.165, 1.54) is 12.7 Å². The minimum absolute atomic E-state index is 0.259. The SMILES string of the molecule is COC(=O)C(C)(C)COc1c(C)ccc(C)c1C. The molecule has 0 atom stereocenters. The molecular weight excluding hydrogens is 228 g/mol. The summed E-state index contributed by atoms with van der Waals surface area (Å²) < 4.78 is 10.6. The highest BCUT2D eigenvalue weighted by molar-refractivity contribution is 5.75. The van der Waals surface area contributed by atoms with Crippen LogP contribution in [0.5, 0.6) is 5.75 Å². The summed E-state index contributed by atoms with van der Waals surface area (Å²) >= 11 is 0. The molecule has 0 aliphatic carbocycles. The first-order valence-electron chi connectivity index (χ1n) is 6.07. The van der Waals surface area contributed by atoms with E-state index >= 15 is 0 Å². The van der Waals surface area contributed by atoms with Crippen LogP contribution in [0.4, 0.5) is 0 Å². The number of hydrogen-bond donors (Lipinski definition) is 0. The lowest BCUT2D eigenvalue weighted by molar-refractivity contribution is -0.152. The minimum Gasteiger partial charge on any atom is -0.492 e. The van der Waals surface area contributed by atoms with Crippen LogP contribution in [-0.4, -0.2) is 19.7 Å². The van der Waals surface area contributed by atoms with Crippen molar-refractivity contribution in [2.45, 2.75) is 34.6 Å². The molecule has 0 aliphatic rings. The van der Waals surface area contributed by atoms with E-state index in [2.05, 4.69) is 6.07 Å². The first-order valence-corrected chi connectivity index (χ1v) is 6.07. The van der Waals surface area contributed by atoms with E-state index in [0.717, 1.165) is 16.9 Å². The minimum atomic E-state index is -0.641. The molecule has 0 unspecified atom stereocenters. The number of carbonyl (C=O) groups excluding carboxylic acids is 1. The zero-order chi connectivity index (χ0) is 13.9. The van der Waals surface area contributed by atoms with Crippen molar-refractivity contribution in [2.75, 3.05) is 13.7 Å². The van der Waals surface area contributed by atoms with Gasteiger partial charge in [-0.1, -0.05) is 12.1 Å². The molecule has 3 nitrogen and oxygen atoms in total. The molecule has 0 saturated carbocycles. The molecule has 1 aromatic rings. The van der Waals surface area contributed by atoms with Gasteiger partial charge in [-0.05, 0) is 51.3 Å². The van der Waals surface area contributed by atoms with Crippen molar-refractivity contribution in [1.82, 2.24) is 0 Å². The summed E-state index contributed by atoms with van der Waals surface area (Å²) in [6.45, 7) is 10.0. The molecule has 0 radical (unpaired) electrons. The molecule has 0 fully saturated rings. The Kier molecular flexibility index (Phi) is 4.38. The lowest BCUT2D eigenvalue weighted by atomic mass is 9.95. The van der Waals surface area contributed by atoms with Crippen molar-refractivity contribution < 1.29 is 14.3 Å². The van der Waals surface area contributed by atoms with Gasteiger partial charge in [-0.25, -0.2) is 0 Å². The molecule has 1 rings (SSSR count). The smallest absolute Gasteiger partial charge is 0.314 e. The van der Waals surface area contributed by atoms with Crippen molar-refractivity contribution in [1.29, 1.82) is 0 Å². The summed E-state index contributed by atoms with van der Waals surface area (Å²) in [5.74, 6) is 0.609. The van der Waals surface area contributed by atoms with Gasteiger partial charge in [-0.3, -0.25) is 4.79 Å². The Labute approximate surface area is 109 Å². The van der Waals surface area contributed by atoms with E-state index in [0.29, 0.717) is 6.61 Å². The van der Waals surface area contributed by atoms with Gasteiger partial charge >= 0.3 is 5.97 Å². The molecule has 18 heavy (non-hydrogen) atoms. The zero-order valence-corrected chi connectivity index (χ0v) is 12.1. The summed E-state index contributed by atoms with van der Waals surface area (Å²) in [7, 11) is 1.40. The number of carbonyl (C=O) groups is 1. The van der Waals surface area contributed by atoms with E-state index in [-0.39, 0.29) is 5.97 Å². The second kappa shape index (κ2) is 5.42. The third-order valence-electron chi connectivity index (χ3n) is 3.19. The average Bonchev–Trinajstić information content (AvgIpc) is 2.32. The lowest BCUT2D eigenvalue weighted by Crippen LogP contribution is -2.32. The van der Waals surface area contributed by atoms with Crippen LogP contribution in [0.3, 0.4) is 0 Å². The van der Waals surface area contributed by atoms with Crippen LogP contribution < -0.4 is 4.74 Å². The highest BCUT2D eigenvalue weighted by Gasteiger charge is 2.30. The first kappa shape index (κ1) is 14.6. The summed E-state index contributed by atoms with van der Waals surface area (Å²) in [6, 6.07) is 4.10. The number of methoxy groups -OCH3 is 1. The fourth-order valence-corrected chi connectivity index (χ4v) is 1.74. The molecule has 0 saturated heterocycles. The second-order valence-electron chi connectivity index (χ2n) is 5.32. The predicted molar refractivity (Wildman–Crippen MR) is 71.9 cm³/mol. The van der Waals surface area contributed by atoms with Crippen molar-refractivity contribution in [3.63, 3.8) is 0 Å². The van der Waals surface area contributed by atoms with Crippen LogP contribution in [0.25, 0.3) is 0 Å². The van der Waals surface area contributed by atoms with Gasteiger partial charge in [-0.15, -0.1) is 0 Å². The van der Waals surface area contributed by atoms with E-state index in [1.54, 1.807) is 0 Å². The Morgan fingerprint density at radius 3 is 2.28 bits per heavy atom. The summed E-state index contributed by atoms with van der Waals surface area (Å²) in [5.41, 5.74) is 2.75. The topological polar surface area (TPSA) is 35.5 Å². The Bertz CT molecular complexity index is 447. The van der Waals surface area contributed by atoms with Gasteiger partial charge in [-0.2, -0.15) is 0 Å². The maximum Gasteiger partial charge on any atom is 0.314 e. The maximum atomic E-state index is 11.6. The standard InChI is InChI=1S/C15H22O3/c1-10-7-8-11(2)13(12(10)3)18-9-15(4,5)14(16)17-6/h7-8H,9H2,1-6H3. The largest absolute Gasteiger partial charge is 0.492 e. The number of benzene rings is 1. The molecule has 0 heterocycles. The number of aryl methyl sites for hydroxylation is 2. The molecule has 0 amide bonds. The lowest BCUT2D eigenvalue weighted by Gasteiger charge is -2.23. The molecule has 0 spiro atoms. The van der Waals surface area contributed by atoms with E-state index in [9.17, 15) is 4.79 Å². The van der Waals surface area contributed by atoms with Crippen molar-refractivity contribution in [2.24, 2.45) is 5.41 Å². The second-order valence-corrected chi connectivity index (χ2v) is 5.32. The molecule has 1 aromatic carbocycles. The van der Waals surface area contributed by atoms with Gasteiger partial charge in [0.05, 0.1) is 12.5 Å². The summed E-state index contributed by atoms with van der Waals surface area (Å²) in [5, 5.41) is 0. The number of hydrogen-bond acceptors (Lipinski definition) is 3. The van der Waals surface area contributed by atoms with Crippen LogP contribution in [0.15, 0.2) is 12.1 Å². The molecule has 0 aromatic heterocycles. The van der Waals surface area contributed by atoms with E-state index in [4.69, 9.17) is 9.47 Å². The van der Waals surface area contributed by atoms with Crippen molar-refractivity contribution in [3.05, 3.63) is 28.8 Å². The molecular formula is C15H22O3. The van der Waals surface area contributed by atoms with Crippen molar-refractivity contribution in [3.8, 4) is 5.75 Å². The van der Waals surface area contributed by atoms with Crippen LogP contribution >= 0.6 is 0 Å². The van der Waals surface area contributed by atoms with Crippen LogP contribution in [0, 0.1) is 26.2 Å². The molecule has 3 heteroatoms. The Morgan fingerprint density at radius 1 is 1.17 bits per heavy atom. The zero-order valence-electron chi connectivity index (χ0n) is 12.1. The monoisotopic (exact) mass is 250 g/mol. The fourth-order valence-electron chi connectivity index (χ4n) is 1.74. The number of rotatable bonds is 4. The number of esters is 1. The Morgan fingerprint density at radius 2 is 1.72 bits per heavy atom. The molecule has 100 valence electrons. The molecule has 0 bridgehead atoms. The van der Waals surface area contributed by atoms with Crippen LogP contribution in [0.1, 0.15) is 30.5 Å². The van der Waals surface area contributed by atoms with Gasteiger partial charge in [0.1, 0.15) is 12.4 Å². The van der Waals surface area contributed by atoms with Gasteiger partial charge in [0.15, 0.2) is 0 Å². The molecule has 0 aliphatic heterocycles. The highest BCUT2D eigenvalue weighted by atomic mass is 16.5. The van der Waals surface area contributed by atoms with E-state index < -0.39 is 5.41 Å². The van der Waals surface area contributed by atoms with E-state index in [1.807, 2.05) is 40.7 Å². The van der Waals surface area contributed by atoms with Crippen molar-refractivity contribution >= 4 is 5.97 Å². The summed E-state index contributed by atoms with van der Waals surface area (Å²) in [6.07, 6.45) is 0. The van der Waals surface area contributed by atoms with Gasteiger partial charge in [0.2, 0.25) is 0 Å². The molecule has 0 N–H and O–H groups in total. The maximum absolute atomic E-state index is 11.6. The number of ether oxygens (including phenoxy) is 2. The quantitative estimate of drug-likeness (QED) is 0.770. The average molecular weight is 250 g/mol. The highest BCUT2D eigenvalue weighted by Crippen LogP contribution is 2.28. The predicted octanol–water partition coefficient (Wildman–Crippen LogP) is 3.19. The Hall–Kier alpha value is -1.51. The summed E-state index contributed by atoms with van der Waals surface area (Å²) in [4.78, 5) is 11.6. The fraction of sp³-hybridized carbons (Fsp3) is 0.533. The van der Waals surface area contributed by atoms with Gasteiger partial charge in [0.25, 0.3) is 0 Å². The van der Waals surface area contributed by atoms with Gasteiger partial charge < -0.3 is 9.47 Å². The van der Waals surface area contributed by atoms with Crippen LogP contribution in [-0.2, 0) is 9.53 Å². The van der Waals surface area contributed by atoms with Crippen LogP contribution in [0.2, 0.25) is 0 Å². The van der Waals surface area contributed by atoms with Gasteiger partial charge in [0, 0.05) is 0 Å². The third-order valence-corrected chi connectivity index (χ3v) is 3.19.